The first-order valence-electron chi connectivity index (χ1n) is 9.72. The van der Waals surface area contributed by atoms with Crippen molar-refractivity contribution in [2.24, 2.45) is 0 Å². The summed E-state index contributed by atoms with van der Waals surface area (Å²) in [5, 5.41) is 3.26. The molecule has 0 fully saturated rings. The van der Waals surface area contributed by atoms with Crippen LogP contribution in [0, 0.1) is 0 Å². The molecule has 0 saturated carbocycles. The average Bonchev–Trinajstić information content (AvgIpc) is 2.78. The van der Waals surface area contributed by atoms with Crippen molar-refractivity contribution in [1.29, 1.82) is 0 Å². The quantitative estimate of drug-likeness (QED) is 0.648. The molecule has 4 rings (SSSR count). The van der Waals surface area contributed by atoms with Crippen molar-refractivity contribution >= 4 is 5.82 Å². The van der Waals surface area contributed by atoms with Crippen LogP contribution in [0.1, 0.15) is 11.1 Å². The van der Waals surface area contributed by atoms with E-state index in [2.05, 4.69) is 15.2 Å². The van der Waals surface area contributed by atoms with Gasteiger partial charge in [0, 0.05) is 13.1 Å². The Labute approximate surface area is 173 Å². The molecule has 8 heteroatoms. The molecule has 1 aliphatic heterocycles. The monoisotopic (exact) mass is 408 g/mol. The SMILES string of the molecule is COc1ccccc1CCN1CNc2c(c(=O)[nH]c(=O)n2-c2ccccc2OC)C1. The second-order valence-corrected chi connectivity index (χ2v) is 7.04. The molecule has 2 heterocycles. The van der Waals surface area contributed by atoms with Crippen LogP contribution in [0.5, 0.6) is 11.5 Å². The number of aromatic amines is 1. The molecule has 0 unspecified atom stereocenters. The smallest absolute Gasteiger partial charge is 0.334 e. The number of rotatable bonds is 6. The van der Waals surface area contributed by atoms with E-state index in [0.29, 0.717) is 36.0 Å². The number of para-hydroxylation sites is 3. The fraction of sp³-hybridized carbons (Fsp3) is 0.273. The van der Waals surface area contributed by atoms with Gasteiger partial charge in [0.05, 0.1) is 32.1 Å². The van der Waals surface area contributed by atoms with E-state index in [0.717, 1.165) is 24.3 Å². The van der Waals surface area contributed by atoms with E-state index in [1.807, 2.05) is 36.4 Å². The number of hydrogen-bond donors (Lipinski definition) is 2. The lowest BCUT2D eigenvalue weighted by molar-refractivity contribution is 0.274. The first kappa shape index (κ1) is 19.8. The summed E-state index contributed by atoms with van der Waals surface area (Å²) in [6.45, 7) is 1.68. The highest BCUT2D eigenvalue weighted by Crippen LogP contribution is 2.27. The first-order chi connectivity index (χ1) is 14.6. The number of aromatic nitrogens is 2. The Balaban J connectivity index is 1.63. The average molecular weight is 408 g/mol. The van der Waals surface area contributed by atoms with Crippen molar-refractivity contribution in [1.82, 2.24) is 14.5 Å². The van der Waals surface area contributed by atoms with Gasteiger partial charge in [0.25, 0.3) is 5.56 Å². The lowest BCUT2D eigenvalue weighted by Gasteiger charge is -2.31. The summed E-state index contributed by atoms with van der Waals surface area (Å²) in [5.41, 5.74) is 1.33. The predicted molar refractivity (Wildman–Crippen MR) is 115 cm³/mol. The molecule has 2 N–H and O–H groups in total. The van der Waals surface area contributed by atoms with Gasteiger partial charge >= 0.3 is 5.69 Å². The van der Waals surface area contributed by atoms with Crippen LogP contribution in [0.25, 0.3) is 5.69 Å². The van der Waals surface area contributed by atoms with Crippen LogP contribution in [0.15, 0.2) is 58.1 Å². The molecule has 2 aromatic carbocycles. The molecule has 0 aliphatic carbocycles. The van der Waals surface area contributed by atoms with Gasteiger partial charge in [-0.25, -0.2) is 9.36 Å². The maximum Gasteiger partial charge on any atom is 0.334 e. The third-order valence-electron chi connectivity index (χ3n) is 5.27. The van der Waals surface area contributed by atoms with E-state index in [4.69, 9.17) is 9.47 Å². The Kier molecular flexibility index (Phi) is 5.58. The zero-order valence-corrected chi connectivity index (χ0v) is 17.0. The van der Waals surface area contributed by atoms with Crippen LogP contribution in [0.4, 0.5) is 5.82 Å². The van der Waals surface area contributed by atoms with E-state index in [-0.39, 0.29) is 5.56 Å². The number of nitrogens with zero attached hydrogens (tertiary/aromatic N) is 2. The summed E-state index contributed by atoms with van der Waals surface area (Å²) in [7, 11) is 3.21. The van der Waals surface area contributed by atoms with E-state index >= 15 is 0 Å². The van der Waals surface area contributed by atoms with E-state index in [1.54, 1.807) is 26.4 Å². The highest BCUT2D eigenvalue weighted by Gasteiger charge is 2.24. The zero-order chi connectivity index (χ0) is 21.1. The number of ether oxygens (including phenoxy) is 2. The minimum absolute atomic E-state index is 0.379. The van der Waals surface area contributed by atoms with Crippen LogP contribution in [-0.4, -0.2) is 41.9 Å². The van der Waals surface area contributed by atoms with Gasteiger partial charge in [0.1, 0.15) is 17.3 Å². The molecule has 0 amide bonds. The molecule has 1 aliphatic rings. The lowest BCUT2D eigenvalue weighted by atomic mass is 10.1. The molecule has 30 heavy (non-hydrogen) atoms. The van der Waals surface area contributed by atoms with Gasteiger partial charge in [-0.3, -0.25) is 14.7 Å². The second-order valence-electron chi connectivity index (χ2n) is 7.04. The van der Waals surface area contributed by atoms with E-state index < -0.39 is 5.69 Å². The fourth-order valence-corrected chi connectivity index (χ4v) is 3.76. The molecular weight excluding hydrogens is 384 g/mol. The summed E-state index contributed by atoms with van der Waals surface area (Å²) in [6, 6.07) is 15.1. The summed E-state index contributed by atoms with van der Waals surface area (Å²) in [6.07, 6.45) is 0.783. The van der Waals surface area contributed by atoms with Crippen LogP contribution in [0.2, 0.25) is 0 Å². The Morgan fingerprint density at radius 2 is 1.67 bits per heavy atom. The molecule has 0 spiro atoms. The topological polar surface area (TPSA) is 88.6 Å². The Morgan fingerprint density at radius 3 is 2.43 bits per heavy atom. The highest BCUT2D eigenvalue weighted by molar-refractivity contribution is 5.56. The van der Waals surface area contributed by atoms with Gasteiger partial charge in [-0.05, 0) is 30.2 Å². The van der Waals surface area contributed by atoms with Crippen molar-refractivity contribution in [2.45, 2.75) is 13.0 Å². The Morgan fingerprint density at radius 1 is 0.967 bits per heavy atom. The zero-order valence-electron chi connectivity index (χ0n) is 17.0. The molecule has 3 aromatic rings. The number of methoxy groups -OCH3 is 2. The van der Waals surface area contributed by atoms with Crippen LogP contribution in [0.3, 0.4) is 0 Å². The van der Waals surface area contributed by atoms with Crippen LogP contribution >= 0.6 is 0 Å². The van der Waals surface area contributed by atoms with Crippen molar-refractivity contribution < 1.29 is 9.47 Å². The third-order valence-corrected chi connectivity index (χ3v) is 5.27. The van der Waals surface area contributed by atoms with Crippen molar-refractivity contribution in [2.75, 3.05) is 32.7 Å². The Bertz CT molecular complexity index is 1170. The number of fused-ring (bicyclic) bond motifs is 1. The summed E-state index contributed by atoms with van der Waals surface area (Å²) >= 11 is 0. The number of H-pyrrole nitrogens is 1. The van der Waals surface area contributed by atoms with E-state index in [9.17, 15) is 9.59 Å². The Hall–Kier alpha value is -3.52. The van der Waals surface area contributed by atoms with E-state index in [1.165, 1.54) is 4.57 Å². The van der Waals surface area contributed by atoms with Crippen molar-refractivity contribution in [3.63, 3.8) is 0 Å². The number of nitrogens with one attached hydrogen (secondary N) is 2. The molecule has 1 aromatic heterocycles. The summed E-state index contributed by atoms with van der Waals surface area (Å²) in [5.74, 6) is 1.90. The van der Waals surface area contributed by atoms with Gasteiger partial charge < -0.3 is 14.8 Å². The molecule has 8 nitrogen and oxygen atoms in total. The molecule has 156 valence electrons. The van der Waals surface area contributed by atoms with Gasteiger partial charge in [-0.1, -0.05) is 30.3 Å². The number of anilines is 1. The van der Waals surface area contributed by atoms with Gasteiger partial charge in [-0.2, -0.15) is 0 Å². The van der Waals surface area contributed by atoms with Crippen LogP contribution in [-0.2, 0) is 13.0 Å². The summed E-state index contributed by atoms with van der Waals surface area (Å²) in [4.78, 5) is 29.7. The summed E-state index contributed by atoms with van der Waals surface area (Å²) < 4.78 is 12.3. The van der Waals surface area contributed by atoms with Crippen molar-refractivity contribution in [3.8, 4) is 17.2 Å². The molecule has 0 bridgehead atoms. The number of benzene rings is 2. The predicted octanol–water partition coefficient (Wildman–Crippen LogP) is 1.97. The van der Waals surface area contributed by atoms with Crippen LogP contribution < -0.4 is 26.0 Å². The molecule has 0 atom stereocenters. The van der Waals surface area contributed by atoms with Gasteiger partial charge in [0.2, 0.25) is 0 Å². The highest BCUT2D eigenvalue weighted by atomic mass is 16.5. The van der Waals surface area contributed by atoms with Gasteiger partial charge in [-0.15, -0.1) is 0 Å². The molecule has 0 saturated heterocycles. The standard InChI is InChI=1S/C22H24N4O4/c1-29-18-9-5-3-7-15(18)11-12-25-13-16-20(23-14-25)26(22(28)24-21(16)27)17-8-4-6-10-19(17)30-2/h3-10,23H,11-14H2,1-2H3,(H,24,27,28). The molecular formula is C22H24N4O4. The maximum absolute atomic E-state index is 12.6. The fourth-order valence-electron chi connectivity index (χ4n) is 3.76. The minimum Gasteiger partial charge on any atom is -0.496 e. The largest absolute Gasteiger partial charge is 0.496 e. The first-order valence-corrected chi connectivity index (χ1v) is 9.72. The normalized spacial score (nSPS) is 13.4. The third kappa shape index (κ3) is 3.69. The van der Waals surface area contributed by atoms with Crippen molar-refractivity contribution in [3.05, 3.63) is 80.5 Å². The number of hydrogen-bond acceptors (Lipinski definition) is 6. The maximum atomic E-state index is 12.6. The van der Waals surface area contributed by atoms with Gasteiger partial charge in [0.15, 0.2) is 0 Å². The molecule has 0 radical (unpaired) electrons. The lowest BCUT2D eigenvalue weighted by Crippen LogP contribution is -2.43. The second kappa shape index (κ2) is 8.46. The minimum atomic E-state index is -0.502.